The Hall–Kier alpha value is -3.34. The second kappa shape index (κ2) is 8.33. The third-order valence-electron chi connectivity index (χ3n) is 3.04. The van der Waals surface area contributed by atoms with Gasteiger partial charge in [-0.2, -0.15) is 5.26 Å². The number of methoxy groups -OCH3 is 1. The first kappa shape index (κ1) is 17.0. The first-order chi connectivity index (χ1) is 11.7. The van der Waals surface area contributed by atoms with Gasteiger partial charge in [-0.25, -0.2) is 4.63 Å². The number of aromatic nitrogens is 2. The van der Waals surface area contributed by atoms with E-state index >= 15 is 0 Å². The summed E-state index contributed by atoms with van der Waals surface area (Å²) in [5, 5.41) is 18.5. The number of anilines is 1. The van der Waals surface area contributed by atoms with Crippen molar-refractivity contribution in [1.29, 1.82) is 5.26 Å². The van der Waals surface area contributed by atoms with Crippen molar-refractivity contribution in [3.05, 3.63) is 35.5 Å². The number of hydrogen-bond acceptors (Lipinski definition) is 7. The van der Waals surface area contributed by atoms with Crippen molar-refractivity contribution in [3.63, 3.8) is 0 Å². The molecule has 24 heavy (non-hydrogen) atoms. The predicted molar refractivity (Wildman–Crippen MR) is 85.4 cm³/mol. The molecule has 0 spiro atoms. The number of amides is 1. The Morgan fingerprint density at radius 1 is 1.42 bits per heavy atom. The van der Waals surface area contributed by atoms with Crippen LogP contribution in [0.1, 0.15) is 18.2 Å². The molecule has 1 amide bonds. The molecule has 0 fully saturated rings. The summed E-state index contributed by atoms with van der Waals surface area (Å²) in [4.78, 5) is 11.9. The molecule has 1 aromatic carbocycles. The minimum absolute atomic E-state index is 0.0700. The van der Waals surface area contributed by atoms with Crippen LogP contribution in [0.2, 0.25) is 0 Å². The molecule has 8 heteroatoms. The molecule has 0 atom stereocenters. The molecule has 0 saturated carbocycles. The number of ether oxygens (including phenoxy) is 2. The highest BCUT2D eigenvalue weighted by Gasteiger charge is 2.10. The molecule has 124 valence electrons. The number of rotatable bonds is 7. The Morgan fingerprint density at radius 2 is 2.25 bits per heavy atom. The van der Waals surface area contributed by atoms with Crippen molar-refractivity contribution in [2.24, 2.45) is 0 Å². The molecule has 8 nitrogen and oxygen atoms in total. The minimum atomic E-state index is -0.357. The van der Waals surface area contributed by atoms with Gasteiger partial charge in [-0.15, -0.1) is 0 Å². The molecule has 0 bridgehead atoms. The van der Waals surface area contributed by atoms with E-state index in [2.05, 4.69) is 20.3 Å². The fourth-order valence-corrected chi connectivity index (χ4v) is 1.88. The molecule has 0 aliphatic heterocycles. The molecule has 1 heterocycles. The molecule has 0 unspecified atom stereocenters. The molecule has 1 N–H and O–H groups in total. The lowest BCUT2D eigenvalue weighted by Gasteiger charge is -2.08. The van der Waals surface area contributed by atoms with E-state index in [1.165, 1.54) is 13.2 Å². The van der Waals surface area contributed by atoms with Crippen LogP contribution in [0.25, 0.3) is 6.08 Å². The number of hydrogen-bond donors (Lipinski definition) is 1. The van der Waals surface area contributed by atoms with Crippen molar-refractivity contribution < 1.29 is 18.9 Å². The number of benzene rings is 1. The van der Waals surface area contributed by atoms with E-state index < -0.39 is 0 Å². The Balaban J connectivity index is 2.05. The highest BCUT2D eigenvalue weighted by Crippen LogP contribution is 2.28. The van der Waals surface area contributed by atoms with E-state index in [0.717, 1.165) is 5.56 Å². The first-order valence-electron chi connectivity index (χ1n) is 7.16. The third kappa shape index (κ3) is 4.33. The van der Waals surface area contributed by atoms with Crippen LogP contribution < -0.4 is 14.8 Å². The average Bonchev–Trinajstić information content (AvgIpc) is 3.05. The maximum absolute atomic E-state index is 11.9. The SMILES string of the molecule is CCc1nonc1NC(=O)C=Cc1ccc(OCC#N)c(OC)c1. The molecule has 0 saturated heterocycles. The summed E-state index contributed by atoms with van der Waals surface area (Å²) in [7, 11) is 1.50. The van der Waals surface area contributed by atoms with Crippen molar-refractivity contribution in [2.45, 2.75) is 13.3 Å². The van der Waals surface area contributed by atoms with E-state index in [4.69, 9.17) is 14.7 Å². The second-order valence-corrected chi connectivity index (χ2v) is 4.59. The molecule has 1 aromatic heterocycles. The highest BCUT2D eigenvalue weighted by atomic mass is 16.6. The lowest BCUT2D eigenvalue weighted by molar-refractivity contribution is -0.111. The predicted octanol–water partition coefficient (Wildman–Crippen LogP) is 2.19. The van der Waals surface area contributed by atoms with Crippen LogP contribution in [0, 0.1) is 11.3 Å². The van der Waals surface area contributed by atoms with Crippen molar-refractivity contribution in [1.82, 2.24) is 10.3 Å². The Kier molecular flexibility index (Phi) is 5.91. The van der Waals surface area contributed by atoms with E-state index in [1.807, 2.05) is 13.0 Å². The first-order valence-corrected chi connectivity index (χ1v) is 7.16. The fraction of sp³-hybridized carbons (Fsp3) is 0.250. The van der Waals surface area contributed by atoms with Gasteiger partial charge in [0.2, 0.25) is 11.7 Å². The van der Waals surface area contributed by atoms with Gasteiger partial charge in [-0.1, -0.05) is 18.1 Å². The van der Waals surface area contributed by atoms with Gasteiger partial charge < -0.3 is 14.8 Å². The Labute approximate surface area is 138 Å². The molecular weight excluding hydrogens is 312 g/mol. The van der Waals surface area contributed by atoms with E-state index in [-0.39, 0.29) is 12.5 Å². The van der Waals surface area contributed by atoms with Crippen LogP contribution in [0.15, 0.2) is 28.9 Å². The lowest BCUT2D eigenvalue weighted by atomic mass is 10.2. The zero-order valence-corrected chi connectivity index (χ0v) is 13.3. The van der Waals surface area contributed by atoms with Gasteiger partial charge in [0.15, 0.2) is 18.1 Å². The standard InChI is InChI=1S/C16H16N4O4/c1-3-12-16(20-24-19-12)18-15(21)7-5-11-4-6-13(23-9-8-17)14(10-11)22-2/h4-7,10H,3,9H2,1-2H3,(H,18,20,21). The van der Waals surface area contributed by atoms with Crippen molar-refractivity contribution in [2.75, 3.05) is 19.0 Å². The monoisotopic (exact) mass is 328 g/mol. The zero-order valence-electron chi connectivity index (χ0n) is 13.3. The average molecular weight is 328 g/mol. The molecule has 0 aliphatic carbocycles. The topological polar surface area (TPSA) is 110 Å². The maximum atomic E-state index is 11.9. The van der Waals surface area contributed by atoms with Gasteiger partial charge in [0, 0.05) is 6.08 Å². The maximum Gasteiger partial charge on any atom is 0.249 e. The van der Waals surface area contributed by atoms with Crippen LogP contribution in [0.3, 0.4) is 0 Å². The van der Waals surface area contributed by atoms with Gasteiger partial charge in [0.25, 0.3) is 0 Å². The van der Waals surface area contributed by atoms with Gasteiger partial charge in [-0.05, 0) is 35.3 Å². The van der Waals surface area contributed by atoms with Gasteiger partial charge >= 0.3 is 0 Å². The summed E-state index contributed by atoms with van der Waals surface area (Å²) < 4.78 is 15.0. The van der Waals surface area contributed by atoms with Gasteiger partial charge in [0.1, 0.15) is 11.8 Å². The number of nitrogens with zero attached hydrogens (tertiary/aromatic N) is 3. The minimum Gasteiger partial charge on any atom is -0.493 e. The number of nitriles is 1. The van der Waals surface area contributed by atoms with E-state index in [9.17, 15) is 4.79 Å². The highest BCUT2D eigenvalue weighted by molar-refractivity contribution is 6.01. The van der Waals surface area contributed by atoms with Gasteiger partial charge in [-0.3, -0.25) is 4.79 Å². The summed E-state index contributed by atoms with van der Waals surface area (Å²) in [5.74, 6) is 0.887. The zero-order chi connectivity index (χ0) is 17.4. The number of carbonyl (C=O) groups is 1. The van der Waals surface area contributed by atoms with E-state index in [1.54, 1.807) is 24.3 Å². The molecule has 2 aromatic rings. The normalized spacial score (nSPS) is 10.4. The third-order valence-corrected chi connectivity index (χ3v) is 3.04. The molecule has 0 radical (unpaired) electrons. The summed E-state index contributed by atoms with van der Waals surface area (Å²) in [6.45, 7) is 1.81. The summed E-state index contributed by atoms with van der Waals surface area (Å²) in [5.41, 5.74) is 1.32. The van der Waals surface area contributed by atoms with E-state index in [0.29, 0.717) is 29.4 Å². The Morgan fingerprint density at radius 3 is 2.96 bits per heavy atom. The number of nitrogens with one attached hydrogen (secondary N) is 1. The van der Waals surface area contributed by atoms with Crippen LogP contribution in [-0.4, -0.2) is 29.9 Å². The molecule has 0 aliphatic rings. The largest absolute Gasteiger partial charge is 0.493 e. The van der Waals surface area contributed by atoms with Gasteiger partial charge in [0.05, 0.1) is 7.11 Å². The number of carbonyl (C=O) groups excluding carboxylic acids is 1. The fourth-order valence-electron chi connectivity index (χ4n) is 1.88. The lowest BCUT2D eigenvalue weighted by Crippen LogP contribution is -2.09. The van der Waals surface area contributed by atoms with Crippen LogP contribution in [-0.2, 0) is 11.2 Å². The number of aryl methyl sites for hydroxylation is 1. The summed E-state index contributed by atoms with van der Waals surface area (Å²) >= 11 is 0. The smallest absolute Gasteiger partial charge is 0.249 e. The van der Waals surface area contributed by atoms with Crippen LogP contribution in [0.4, 0.5) is 5.82 Å². The molecular formula is C16H16N4O4. The second-order valence-electron chi connectivity index (χ2n) is 4.59. The summed E-state index contributed by atoms with van der Waals surface area (Å²) in [6, 6.07) is 7.00. The van der Waals surface area contributed by atoms with Crippen LogP contribution in [0.5, 0.6) is 11.5 Å². The van der Waals surface area contributed by atoms with Crippen molar-refractivity contribution >= 4 is 17.8 Å². The Bertz CT molecular complexity index is 777. The quantitative estimate of drug-likeness (QED) is 0.776. The van der Waals surface area contributed by atoms with Crippen LogP contribution >= 0.6 is 0 Å². The molecule has 2 rings (SSSR count). The van der Waals surface area contributed by atoms with Crippen molar-refractivity contribution in [3.8, 4) is 17.6 Å². The summed E-state index contributed by atoms with van der Waals surface area (Å²) in [6.07, 6.45) is 3.58.